The molecule has 0 aliphatic carbocycles. The Kier molecular flexibility index (Phi) is 4.35. The molecule has 0 unspecified atom stereocenters. The summed E-state index contributed by atoms with van der Waals surface area (Å²) in [5.74, 6) is -0.598. The van der Waals surface area contributed by atoms with E-state index in [0.29, 0.717) is 5.56 Å². The van der Waals surface area contributed by atoms with Crippen molar-refractivity contribution in [2.24, 2.45) is 10.9 Å². The summed E-state index contributed by atoms with van der Waals surface area (Å²) in [6.07, 6.45) is 2.63. The summed E-state index contributed by atoms with van der Waals surface area (Å²) in [5, 5.41) is 23.8. The predicted molar refractivity (Wildman–Crippen MR) is 76.0 cm³/mol. The molecule has 0 radical (unpaired) electrons. The third-order valence-corrected chi connectivity index (χ3v) is 2.83. The van der Waals surface area contributed by atoms with Gasteiger partial charge < -0.3 is 21.4 Å². The quantitative estimate of drug-likeness (QED) is 0.287. The number of nitrogens with zero attached hydrogens (tertiary/aromatic N) is 2. The highest BCUT2D eigenvalue weighted by Crippen LogP contribution is 2.13. The van der Waals surface area contributed by atoms with Crippen molar-refractivity contribution in [1.82, 2.24) is 10.3 Å². The molecule has 2 aromatic rings. The number of pyridine rings is 1. The Bertz CT molecular complexity index is 685. The lowest BCUT2D eigenvalue weighted by Gasteiger charge is -2.07. The largest absolute Gasteiger partial charge is 0.505 e. The zero-order valence-electron chi connectivity index (χ0n) is 11.0. The Morgan fingerprint density at radius 1 is 1.38 bits per heavy atom. The summed E-state index contributed by atoms with van der Waals surface area (Å²) >= 11 is 0. The fourth-order valence-electron chi connectivity index (χ4n) is 1.75. The van der Waals surface area contributed by atoms with Gasteiger partial charge in [0.2, 0.25) is 0 Å². The van der Waals surface area contributed by atoms with Crippen LogP contribution in [0.3, 0.4) is 0 Å². The van der Waals surface area contributed by atoms with Gasteiger partial charge in [0.1, 0.15) is 5.75 Å². The summed E-state index contributed by atoms with van der Waals surface area (Å²) in [5.41, 5.74) is 6.98. The Morgan fingerprint density at radius 3 is 2.90 bits per heavy atom. The Hall–Kier alpha value is -3.09. The van der Waals surface area contributed by atoms with Gasteiger partial charge in [0.25, 0.3) is 5.91 Å². The number of nitrogens with two attached hydrogens (primary N) is 1. The van der Waals surface area contributed by atoms with E-state index in [4.69, 9.17) is 10.9 Å². The lowest BCUT2D eigenvalue weighted by atomic mass is 10.1. The number of nitrogens with one attached hydrogen (secondary N) is 1. The van der Waals surface area contributed by atoms with Gasteiger partial charge in [-0.3, -0.25) is 9.78 Å². The van der Waals surface area contributed by atoms with Crippen LogP contribution in [0.15, 0.2) is 47.9 Å². The van der Waals surface area contributed by atoms with Gasteiger partial charge in [-0.25, -0.2) is 0 Å². The van der Waals surface area contributed by atoms with Crippen LogP contribution >= 0.6 is 0 Å². The van der Waals surface area contributed by atoms with Crippen LogP contribution in [0, 0.1) is 0 Å². The van der Waals surface area contributed by atoms with Crippen molar-refractivity contribution in [1.29, 1.82) is 0 Å². The molecule has 0 fully saturated rings. The Balaban J connectivity index is 2.07. The molecule has 7 heteroatoms. The van der Waals surface area contributed by atoms with Gasteiger partial charge in [0, 0.05) is 18.3 Å². The standard InChI is InChI=1S/C14H14N4O3/c15-13(18-21)10-3-1-2-9(6-10)7-17-14(20)11-4-5-16-8-12(11)19/h1-6,8,19,21H,7H2,(H2,15,18)(H,17,20). The molecule has 7 nitrogen and oxygen atoms in total. The van der Waals surface area contributed by atoms with Gasteiger partial charge in [0.05, 0.1) is 11.8 Å². The van der Waals surface area contributed by atoms with Crippen LogP contribution in [0.4, 0.5) is 0 Å². The van der Waals surface area contributed by atoms with E-state index < -0.39 is 5.91 Å². The molecule has 0 aliphatic rings. The number of oxime groups is 1. The number of rotatable bonds is 4. The van der Waals surface area contributed by atoms with Crippen LogP contribution in [0.1, 0.15) is 21.5 Å². The average molecular weight is 286 g/mol. The highest BCUT2D eigenvalue weighted by atomic mass is 16.4. The van der Waals surface area contributed by atoms with Crippen LogP contribution < -0.4 is 11.1 Å². The highest BCUT2D eigenvalue weighted by Gasteiger charge is 2.10. The van der Waals surface area contributed by atoms with E-state index in [1.807, 2.05) is 0 Å². The number of aromatic nitrogens is 1. The first-order valence-electron chi connectivity index (χ1n) is 6.10. The van der Waals surface area contributed by atoms with Crippen molar-refractivity contribution >= 4 is 11.7 Å². The summed E-state index contributed by atoms with van der Waals surface area (Å²) in [6, 6.07) is 8.34. The molecule has 0 atom stereocenters. The minimum atomic E-state index is -0.413. The molecule has 1 heterocycles. The molecule has 5 N–H and O–H groups in total. The van der Waals surface area contributed by atoms with Crippen LogP contribution in [0.25, 0.3) is 0 Å². The maximum absolute atomic E-state index is 11.9. The van der Waals surface area contributed by atoms with Crippen LogP contribution in [-0.4, -0.2) is 27.0 Å². The molecule has 1 aromatic heterocycles. The normalized spacial score (nSPS) is 11.1. The third-order valence-electron chi connectivity index (χ3n) is 2.83. The van der Waals surface area contributed by atoms with Gasteiger partial charge in [-0.05, 0) is 17.7 Å². The van der Waals surface area contributed by atoms with Gasteiger partial charge >= 0.3 is 0 Å². The number of hydrogen-bond acceptors (Lipinski definition) is 5. The minimum Gasteiger partial charge on any atom is -0.505 e. The predicted octanol–water partition coefficient (Wildman–Crippen LogP) is 0.812. The number of amides is 1. The third kappa shape index (κ3) is 3.47. The van der Waals surface area contributed by atoms with Gasteiger partial charge in [0.15, 0.2) is 5.84 Å². The smallest absolute Gasteiger partial charge is 0.255 e. The number of carbonyl (C=O) groups is 1. The average Bonchev–Trinajstić information content (AvgIpc) is 2.52. The fraction of sp³-hybridized carbons (Fsp3) is 0.0714. The van der Waals surface area contributed by atoms with Crippen molar-refractivity contribution in [2.75, 3.05) is 0 Å². The maximum atomic E-state index is 11.9. The van der Waals surface area contributed by atoms with Crippen molar-refractivity contribution in [3.05, 3.63) is 59.4 Å². The number of carbonyl (C=O) groups excluding carboxylic acids is 1. The van der Waals surface area contributed by atoms with Crippen LogP contribution in [0.5, 0.6) is 5.75 Å². The number of hydrogen-bond donors (Lipinski definition) is 4. The number of benzene rings is 1. The second-order valence-electron chi connectivity index (χ2n) is 4.26. The van der Waals surface area contributed by atoms with Crippen LogP contribution in [0.2, 0.25) is 0 Å². The molecule has 108 valence electrons. The molecule has 1 aromatic carbocycles. The second-order valence-corrected chi connectivity index (χ2v) is 4.26. The van der Waals surface area contributed by atoms with Crippen molar-refractivity contribution in [3.63, 3.8) is 0 Å². The highest BCUT2D eigenvalue weighted by molar-refractivity contribution is 5.97. The molecule has 21 heavy (non-hydrogen) atoms. The van der Waals surface area contributed by atoms with Gasteiger partial charge in [-0.1, -0.05) is 23.4 Å². The molecule has 2 rings (SSSR count). The van der Waals surface area contributed by atoms with E-state index in [0.717, 1.165) is 5.56 Å². The van der Waals surface area contributed by atoms with Crippen LogP contribution in [-0.2, 0) is 6.54 Å². The molecule has 0 bridgehead atoms. The maximum Gasteiger partial charge on any atom is 0.255 e. The van der Waals surface area contributed by atoms with Crippen molar-refractivity contribution < 1.29 is 15.1 Å². The molecule has 0 saturated carbocycles. The van der Waals surface area contributed by atoms with E-state index in [-0.39, 0.29) is 23.7 Å². The molecule has 0 aliphatic heterocycles. The van der Waals surface area contributed by atoms with Crippen molar-refractivity contribution in [3.8, 4) is 5.75 Å². The Labute approximate surface area is 120 Å². The Morgan fingerprint density at radius 2 is 2.19 bits per heavy atom. The fourth-order valence-corrected chi connectivity index (χ4v) is 1.75. The topological polar surface area (TPSA) is 121 Å². The first-order chi connectivity index (χ1) is 10.1. The molecule has 1 amide bonds. The first kappa shape index (κ1) is 14.3. The van der Waals surface area contributed by atoms with E-state index in [9.17, 15) is 9.90 Å². The zero-order valence-corrected chi connectivity index (χ0v) is 11.0. The van der Waals surface area contributed by atoms with E-state index in [1.54, 1.807) is 24.3 Å². The van der Waals surface area contributed by atoms with E-state index in [1.165, 1.54) is 18.5 Å². The summed E-state index contributed by atoms with van der Waals surface area (Å²) in [6.45, 7) is 0.243. The van der Waals surface area contributed by atoms with E-state index in [2.05, 4.69) is 15.5 Å². The monoisotopic (exact) mass is 286 g/mol. The molecular formula is C14H14N4O3. The minimum absolute atomic E-state index is 0.00467. The lowest BCUT2D eigenvalue weighted by molar-refractivity contribution is 0.0948. The molecule has 0 saturated heterocycles. The lowest BCUT2D eigenvalue weighted by Crippen LogP contribution is -2.23. The second kappa shape index (κ2) is 6.38. The number of aromatic hydroxyl groups is 1. The molecular weight excluding hydrogens is 272 g/mol. The number of amidine groups is 1. The van der Waals surface area contributed by atoms with Crippen molar-refractivity contribution in [2.45, 2.75) is 6.54 Å². The zero-order chi connectivity index (χ0) is 15.2. The summed E-state index contributed by atoms with van der Waals surface area (Å²) in [4.78, 5) is 15.6. The SMILES string of the molecule is N/C(=N/O)c1cccc(CNC(=O)c2ccncc2O)c1. The molecule has 0 spiro atoms. The van der Waals surface area contributed by atoms with E-state index >= 15 is 0 Å². The summed E-state index contributed by atoms with van der Waals surface area (Å²) in [7, 11) is 0. The van der Waals surface area contributed by atoms with Gasteiger partial charge in [-0.15, -0.1) is 0 Å². The summed E-state index contributed by atoms with van der Waals surface area (Å²) < 4.78 is 0. The first-order valence-corrected chi connectivity index (χ1v) is 6.10. The van der Waals surface area contributed by atoms with Gasteiger partial charge in [-0.2, -0.15) is 0 Å².